The molecule has 1 spiro atoms. The molecule has 7 heteroatoms. The zero-order chi connectivity index (χ0) is 19.8. The van der Waals surface area contributed by atoms with E-state index in [0.717, 1.165) is 36.3 Å². The molecular weight excluding hydrogens is 372 g/mol. The topological polar surface area (TPSA) is 73.9 Å². The Morgan fingerprint density at radius 2 is 2.03 bits per heavy atom. The molecule has 1 fully saturated rings. The molecule has 6 rings (SSSR count). The van der Waals surface area contributed by atoms with Crippen LogP contribution < -0.4 is 15.4 Å². The minimum atomic E-state index is -0.911. The summed E-state index contributed by atoms with van der Waals surface area (Å²) in [5, 5.41) is 0. The van der Waals surface area contributed by atoms with Gasteiger partial charge in [-0.2, -0.15) is 0 Å². The van der Waals surface area contributed by atoms with Gasteiger partial charge in [-0.15, -0.1) is 0 Å². The molecular formula is C22H20N2O5. The molecule has 1 amide bonds. The SMILES string of the molecule is Cn1c(=O)oc2cc3c(cc21)C1(CO3)C(=O)N(CC2CCCO2)c2ccccc21. The van der Waals surface area contributed by atoms with Gasteiger partial charge in [0.15, 0.2) is 5.58 Å². The maximum atomic E-state index is 13.9. The molecule has 1 aromatic heterocycles. The first kappa shape index (κ1) is 16.9. The number of fused-ring (bicyclic) bond motifs is 5. The lowest BCUT2D eigenvalue weighted by molar-refractivity contribution is -0.122. The number of carbonyl (C=O) groups excluding carboxylic acids is 1. The van der Waals surface area contributed by atoms with Crippen LogP contribution in [-0.2, 0) is 22.0 Å². The molecule has 0 aliphatic carbocycles. The Labute approximate surface area is 166 Å². The molecule has 2 unspecified atom stereocenters. The van der Waals surface area contributed by atoms with Crippen molar-refractivity contribution < 1.29 is 18.7 Å². The molecule has 0 saturated carbocycles. The molecule has 148 valence electrons. The van der Waals surface area contributed by atoms with E-state index in [4.69, 9.17) is 13.9 Å². The van der Waals surface area contributed by atoms with Crippen molar-refractivity contribution in [3.63, 3.8) is 0 Å². The second-order valence-electron chi connectivity index (χ2n) is 8.01. The van der Waals surface area contributed by atoms with Gasteiger partial charge in [0, 0.05) is 31.0 Å². The molecule has 29 heavy (non-hydrogen) atoms. The lowest BCUT2D eigenvalue weighted by Crippen LogP contribution is -2.44. The molecule has 2 aromatic carbocycles. The highest BCUT2D eigenvalue weighted by molar-refractivity contribution is 6.12. The van der Waals surface area contributed by atoms with Crippen molar-refractivity contribution in [3.8, 4) is 5.75 Å². The third-order valence-electron chi connectivity index (χ3n) is 6.47. The number of hydrogen-bond donors (Lipinski definition) is 0. The fraction of sp³-hybridized carbons (Fsp3) is 0.364. The number of ether oxygens (including phenoxy) is 2. The maximum Gasteiger partial charge on any atom is 0.419 e. The van der Waals surface area contributed by atoms with Crippen molar-refractivity contribution in [1.29, 1.82) is 0 Å². The van der Waals surface area contributed by atoms with E-state index in [0.29, 0.717) is 23.4 Å². The summed E-state index contributed by atoms with van der Waals surface area (Å²) in [7, 11) is 1.66. The van der Waals surface area contributed by atoms with Gasteiger partial charge in [-0.05, 0) is 30.5 Å². The molecule has 2 atom stereocenters. The van der Waals surface area contributed by atoms with E-state index in [1.54, 1.807) is 13.1 Å². The first-order valence-electron chi connectivity index (χ1n) is 9.89. The molecule has 3 aliphatic heterocycles. The number of oxazole rings is 1. The Morgan fingerprint density at radius 3 is 2.86 bits per heavy atom. The van der Waals surface area contributed by atoms with Crippen LogP contribution in [-0.4, -0.2) is 36.3 Å². The smallest absolute Gasteiger partial charge is 0.419 e. The lowest BCUT2D eigenvalue weighted by atomic mass is 9.77. The highest BCUT2D eigenvalue weighted by atomic mass is 16.5. The van der Waals surface area contributed by atoms with Crippen molar-refractivity contribution >= 4 is 22.7 Å². The first-order valence-corrected chi connectivity index (χ1v) is 9.89. The zero-order valence-electron chi connectivity index (χ0n) is 16.0. The summed E-state index contributed by atoms with van der Waals surface area (Å²) in [6.45, 7) is 1.53. The van der Waals surface area contributed by atoms with E-state index in [9.17, 15) is 9.59 Å². The number of anilines is 1. The third-order valence-corrected chi connectivity index (χ3v) is 6.47. The van der Waals surface area contributed by atoms with Crippen molar-refractivity contribution in [2.24, 2.45) is 7.05 Å². The fourth-order valence-electron chi connectivity index (χ4n) is 4.97. The second-order valence-corrected chi connectivity index (χ2v) is 8.01. The van der Waals surface area contributed by atoms with E-state index >= 15 is 0 Å². The molecule has 0 N–H and O–H groups in total. The van der Waals surface area contributed by atoms with E-state index in [1.165, 1.54) is 4.57 Å². The highest BCUT2D eigenvalue weighted by Crippen LogP contribution is 2.53. The summed E-state index contributed by atoms with van der Waals surface area (Å²) >= 11 is 0. The van der Waals surface area contributed by atoms with Crippen LogP contribution in [0.5, 0.6) is 5.75 Å². The van der Waals surface area contributed by atoms with Crippen LogP contribution in [0.2, 0.25) is 0 Å². The highest BCUT2D eigenvalue weighted by Gasteiger charge is 2.57. The van der Waals surface area contributed by atoms with Crippen molar-refractivity contribution in [3.05, 3.63) is 58.1 Å². The zero-order valence-corrected chi connectivity index (χ0v) is 16.0. The summed E-state index contributed by atoms with van der Waals surface area (Å²) in [4.78, 5) is 27.7. The number of para-hydroxylation sites is 1. The lowest BCUT2D eigenvalue weighted by Gasteiger charge is -2.24. The number of aryl methyl sites for hydroxylation is 1. The first-order chi connectivity index (χ1) is 14.1. The molecule has 4 heterocycles. The Bertz CT molecular complexity index is 1220. The predicted molar refractivity (Wildman–Crippen MR) is 105 cm³/mol. The summed E-state index contributed by atoms with van der Waals surface area (Å²) in [6.07, 6.45) is 2.04. The maximum absolute atomic E-state index is 13.9. The number of hydrogen-bond acceptors (Lipinski definition) is 5. The second kappa shape index (κ2) is 5.73. The van der Waals surface area contributed by atoms with Crippen LogP contribution in [0.3, 0.4) is 0 Å². The van der Waals surface area contributed by atoms with Crippen LogP contribution in [0.4, 0.5) is 5.69 Å². The van der Waals surface area contributed by atoms with Crippen LogP contribution in [0.15, 0.2) is 45.6 Å². The van der Waals surface area contributed by atoms with Gasteiger partial charge in [0.05, 0.1) is 18.2 Å². The summed E-state index contributed by atoms with van der Waals surface area (Å²) < 4.78 is 18.5. The van der Waals surface area contributed by atoms with E-state index in [-0.39, 0.29) is 18.6 Å². The number of amides is 1. The summed E-state index contributed by atoms with van der Waals surface area (Å²) in [5.41, 5.74) is 2.84. The van der Waals surface area contributed by atoms with Gasteiger partial charge in [0.25, 0.3) is 0 Å². The van der Waals surface area contributed by atoms with Gasteiger partial charge >= 0.3 is 5.76 Å². The molecule has 0 bridgehead atoms. The largest absolute Gasteiger partial charge is 0.491 e. The molecule has 1 saturated heterocycles. The van der Waals surface area contributed by atoms with Gasteiger partial charge in [-0.1, -0.05) is 18.2 Å². The van der Waals surface area contributed by atoms with Crippen LogP contribution in [0, 0.1) is 0 Å². The molecule has 3 aliphatic rings. The van der Waals surface area contributed by atoms with E-state index in [1.807, 2.05) is 35.2 Å². The van der Waals surface area contributed by atoms with Crippen LogP contribution in [0.1, 0.15) is 24.0 Å². The van der Waals surface area contributed by atoms with Crippen LogP contribution >= 0.6 is 0 Å². The molecule has 7 nitrogen and oxygen atoms in total. The Morgan fingerprint density at radius 1 is 1.17 bits per heavy atom. The Kier molecular flexibility index (Phi) is 3.33. The predicted octanol–water partition coefficient (Wildman–Crippen LogP) is 2.34. The number of aromatic nitrogens is 1. The van der Waals surface area contributed by atoms with Gasteiger partial charge < -0.3 is 18.8 Å². The van der Waals surface area contributed by atoms with Crippen LogP contribution in [0.25, 0.3) is 11.1 Å². The third kappa shape index (κ3) is 2.11. The average Bonchev–Trinajstić information content (AvgIpc) is 3.47. The monoisotopic (exact) mass is 392 g/mol. The van der Waals surface area contributed by atoms with Gasteiger partial charge in [0.2, 0.25) is 5.91 Å². The van der Waals surface area contributed by atoms with E-state index < -0.39 is 11.2 Å². The average molecular weight is 392 g/mol. The molecule has 0 radical (unpaired) electrons. The Balaban J connectivity index is 1.54. The van der Waals surface area contributed by atoms with Crippen molar-refractivity contribution in [1.82, 2.24) is 4.57 Å². The van der Waals surface area contributed by atoms with Crippen molar-refractivity contribution in [2.75, 3.05) is 24.7 Å². The van der Waals surface area contributed by atoms with Crippen molar-refractivity contribution in [2.45, 2.75) is 24.4 Å². The summed E-state index contributed by atoms with van der Waals surface area (Å²) in [6, 6.07) is 11.5. The number of carbonyl (C=O) groups is 1. The number of benzene rings is 2. The minimum Gasteiger partial charge on any atom is -0.491 e. The Hall–Kier alpha value is -3.06. The fourth-order valence-corrected chi connectivity index (χ4v) is 4.97. The quantitative estimate of drug-likeness (QED) is 0.669. The number of nitrogens with zero attached hydrogens (tertiary/aromatic N) is 2. The van der Waals surface area contributed by atoms with Gasteiger partial charge in [-0.25, -0.2) is 4.79 Å². The standard InChI is InChI=1S/C22H20N2O5/c1-23-17-9-15-18(10-19(17)29-21(23)26)28-12-22(15)14-6-2-3-7-16(14)24(20(22)25)11-13-5-4-8-27-13/h2-3,6-7,9-10,13H,4-5,8,11-12H2,1H3. The summed E-state index contributed by atoms with van der Waals surface area (Å²) in [5.74, 6) is 0.158. The van der Waals surface area contributed by atoms with Gasteiger partial charge in [0.1, 0.15) is 17.8 Å². The van der Waals surface area contributed by atoms with E-state index in [2.05, 4.69) is 0 Å². The van der Waals surface area contributed by atoms with Gasteiger partial charge in [-0.3, -0.25) is 9.36 Å². The normalized spacial score (nSPS) is 25.1. The molecule has 3 aromatic rings. The minimum absolute atomic E-state index is 0.000736. The number of rotatable bonds is 2.